The van der Waals surface area contributed by atoms with Gasteiger partial charge in [0.05, 0.1) is 28.5 Å². The van der Waals surface area contributed by atoms with Crippen molar-refractivity contribution < 1.29 is 19.0 Å². The Balaban J connectivity index is 1.64. The Morgan fingerprint density at radius 1 is 1.05 bits per heavy atom. The number of para-hydroxylation sites is 1. The molecular formula is C33H29Cl3N2O5S. The van der Waals surface area contributed by atoms with E-state index >= 15 is 0 Å². The van der Waals surface area contributed by atoms with E-state index < -0.39 is 12.0 Å². The van der Waals surface area contributed by atoms with E-state index in [1.54, 1.807) is 56.3 Å². The lowest BCUT2D eigenvalue weighted by Gasteiger charge is -2.26. The number of rotatable bonds is 9. The van der Waals surface area contributed by atoms with Crippen molar-refractivity contribution in [2.75, 3.05) is 6.61 Å². The van der Waals surface area contributed by atoms with Crippen LogP contribution < -0.4 is 24.4 Å². The monoisotopic (exact) mass is 670 g/mol. The smallest absolute Gasteiger partial charge is 0.338 e. The average molecular weight is 672 g/mol. The van der Waals surface area contributed by atoms with Crippen LogP contribution in [0.1, 0.15) is 50.4 Å². The summed E-state index contributed by atoms with van der Waals surface area (Å²) >= 11 is 20.0. The molecule has 4 aromatic rings. The molecule has 0 saturated carbocycles. The number of carbonyl (C=O) groups is 1. The van der Waals surface area contributed by atoms with Crippen LogP contribution in [0.4, 0.5) is 0 Å². The number of halogens is 3. The first-order valence-electron chi connectivity index (χ1n) is 13.9. The minimum absolute atomic E-state index is 0.132. The van der Waals surface area contributed by atoms with Gasteiger partial charge in [-0.25, -0.2) is 9.79 Å². The van der Waals surface area contributed by atoms with Crippen molar-refractivity contribution in [2.24, 2.45) is 4.99 Å². The quantitative estimate of drug-likeness (QED) is 0.177. The number of ether oxygens (including phenoxy) is 3. The molecule has 5 rings (SSSR count). The molecule has 7 nitrogen and oxygen atoms in total. The molecule has 11 heteroatoms. The van der Waals surface area contributed by atoms with Crippen LogP contribution in [0.2, 0.25) is 15.1 Å². The van der Waals surface area contributed by atoms with Gasteiger partial charge in [0.25, 0.3) is 5.56 Å². The molecule has 3 aromatic carbocycles. The summed E-state index contributed by atoms with van der Waals surface area (Å²) in [5, 5.41) is 1.48. The van der Waals surface area contributed by atoms with E-state index in [0.29, 0.717) is 52.7 Å². The maximum absolute atomic E-state index is 14.2. The first-order chi connectivity index (χ1) is 21.1. The lowest BCUT2D eigenvalue weighted by molar-refractivity contribution is -0.139. The fraction of sp³-hybridized carbons (Fsp3) is 0.242. The van der Waals surface area contributed by atoms with Gasteiger partial charge < -0.3 is 14.2 Å². The molecule has 0 spiro atoms. The van der Waals surface area contributed by atoms with E-state index in [2.05, 4.69) is 4.99 Å². The zero-order valence-corrected chi connectivity index (χ0v) is 27.5. The number of hydrogen-bond acceptors (Lipinski definition) is 7. The Labute approximate surface area is 273 Å². The third kappa shape index (κ3) is 6.74. The number of hydrogen-bond donors (Lipinski definition) is 0. The van der Waals surface area contributed by atoms with Gasteiger partial charge >= 0.3 is 5.97 Å². The van der Waals surface area contributed by atoms with Crippen LogP contribution in [-0.4, -0.2) is 23.2 Å². The number of benzene rings is 3. The predicted octanol–water partition coefficient (Wildman–Crippen LogP) is 7.12. The van der Waals surface area contributed by atoms with Crippen molar-refractivity contribution in [3.05, 3.63) is 123 Å². The Morgan fingerprint density at radius 2 is 1.77 bits per heavy atom. The van der Waals surface area contributed by atoms with Crippen molar-refractivity contribution >= 4 is 58.2 Å². The zero-order valence-electron chi connectivity index (χ0n) is 24.4. The first-order valence-corrected chi connectivity index (χ1v) is 15.8. The van der Waals surface area contributed by atoms with E-state index in [1.807, 2.05) is 38.1 Å². The Hall–Kier alpha value is -3.56. The second-order valence-electron chi connectivity index (χ2n) is 10.2. The Morgan fingerprint density at radius 3 is 2.50 bits per heavy atom. The highest BCUT2D eigenvalue weighted by atomic mass is 35.5. The standard InChI is InChI=1S/C33H29Cl3N2O5S/c1-5-41-32(40)29-19(4)37-33-38(30(29)24-8-6-7-9-27(24)43-18(2)3)31(39)28(44-33)15-21-14-22(34)12-13-26(21)42-17-20-10-11-23(35)16-25(20)36/h6-16,18,30H,5,17H2,1-4H3/b28-15-/t30-/m1/s1. The van der Waals surface area contributed by atoms with Crippen LogP contribution >= 0.6 is 46.1 Å². The lowest BCUT2D eigenvalue weighted by Crippen LogP contribution is -2.40. The van der Waals surface area contributed by atoms with Gasteiger partial charge in [0.15, 0.2) is 4.80 Å². The molecule has 0 bridgehead atoms. The molecule has 0 N–H and O–H groups in total. The van der Waals surface area contributed by atoms with Crippen LogP contribution in [0.25, 0.3) is 6.08 Å². The molecule has 1 aliphatic heterocycles. The van der Waals surface area contributed by atoms with E-state index in [-0.39, 0.29) is 30.5 Å². The second kappa shape index (κ2) is 13.6. The number of fused-ring (bicyclic) bond motifs is 1. The van der Waals surface area contributed by atoms with Gasteiger partial charge in [-0.3, -0.25) is 9.36 Å². The van der Waals surface area contributed by atoms with Crippen LogP contribution in [-0.2, 0) is 16.1 Å². The SMILES string of the molecule is CCOC(=O)C1=C(C)N=c2s/c(=C\c3cc(Cl)ccc3OCc3ccc(Cl)cc3Cl)c(=O)n2[C@@H]1c1ccccc1OC(C)C. The van der Waals surface area contributed by atoms with Crippen molar-refractivity contribution in [3.63, 3.8) is 0 Å². The summed E-state index contributed by atoms with van der Waals surface area (Å²) in [5.74, 6) is 0.519. The van der Waals surface area contributed by atoms with Gasteiger partial charge in [-0.2, -0.15) is 0 Å². The molecule has 0 fully saturated rings. The summed E-state index contributed by atoms with van der Waals surface area (Å²) in [6.07, 6.45) is 1.58. The number of carbonyl (C=O) groups excluding carboxylic acids is 1. The summed E-state index contributed by atoms with van der Waals surface area (Å²) in [5.41, 5.74) is 2.40. The summed E-state index contributed by atoms with van der Waals surface area (Å²) in [6, 6.07) is 16.9. The summed E-state index contributed by atoms with van der Waals surface area (Å²) < 4.78 is 19.6. The number of esters is 1. The largest absolute Gasteiger partial charge is 0.491 e. The zero-order chi connectivity index (χ0) is 31.5. The molecule has 228 valence electrons. The van der Waals surface area contributed by atoms with Gasteiger partial charge in [-0.15, -0.1) is 0 Å². The van der Waals surface area contributed by atoms with E-state index in [1.165, 1.54) is 15.9 Å². The molecule has 0 saturated heterocycles. The highest BCUT2D eigenvalue weighted by molar-refractivity contribution is 7.07. The van der Waals surface area contributed by atoms with Crippen molar-refractivity contribution in [1.29, 1.82) is 0 Å². The highest BCUT2D eigenvalue weighted by Crippen LogP contribution is 2.36. The van der Waals surface area contributed by atoms with E-state index in [4.69, 9.17) is 49.0 Å². The molecule has 1 atom stereocenters. The van der Waals surface area contributed by atoms with Gasteiger partial charge in [0, 0.05) is 31.8 Å². The molecular weight excluding hydrogens is 643 g/mol. The topological polar surface area (TPSA) is 79.1 Å². The number of thiazole rings is 1. The van der Waals surface area contributed by atoms with Crippen molar-refractivity contribution in [1.82, 2.24) is 4.57 Å². The van der Waals surface area contributed by atoms with E-state index in [0.717, 1.165) is 5.56 Å². The maximum atomic E-state index is 14.2. The second-order valence-corrected chi connectivity index (χ2v) is 12.5. The van der Waals surface area contributed by atoms with Gasteiger partial charge in [0.1, 0.15) is 24.1 Å². The minimum atomic E-state index is -0.815. The molecule has 1 aromatic heterocycles. The van der Waals surface area contributed by atoms with Crippen LogP contribution in [0.3, 0.4) is 0 Å². The Bertz CT molecular complexity index is 1950. The Kier molecular flexibility index (Phi) is 9.85. The van der Waals surface area contributed by atoms with Gasteiger partial charge in [-0.05, 0) is 70.2 Å². The fourth-order valence-corrected chi connectivity index (χ4v) is 6.53. The molecule has 0 unspecified atom stereocenters. The van der Waals surface area contributed by atoms with Crippen molar-refractivity contribution in [2.45, 2.75) is 46.4 Å². The third-order valence-electron chi connectivity index (χ3n) is 6.75. The maximum Gasteiger partial charge on any atom is 0.338 e. The third-order valence-corrected chi connectivity index (χ3v) is 8.56. The van der Waals surface area contributed by atoms with Crippen molar-refractivity contribution in [3.8, 4) is 11.5 Å². The molecule has 0 amide bonds. The van der Waals surface area contributed by atoms with E-state index in [9.17, 15) is 9.59 Å². The fourth-order valence-electron chi connectivity index (χ4n) is 4.85. The van der Waals surface area contributed by atoms with Gasteiger partial charge in [0.2, 0.25) is 0 Å². The summed E-state index contributed by atoms with van der Waals surface area (Å²) in [7, 11) is 0. The van der Waals surface area contributed by atoms with Gasteiger partial charge in [-0.1, -0.05) is 70.4 Å². The molecule has 0 aliphatic carbocycles. The first kappa shape index (κ1) is 31.9. The van der Waals surface area contributed by atoms with Crippen LogP contribution in [0.15, 0.2) is 81.7 Å². The number of allylic oxidation sites excluding steroid dienone is 1. The minimum Gasteiger partial charge on any atom is -0.491 e. The number of aromatic nitrogens is 1. The summed E-state index contributed by atoms with van der Waals surface area (Å²) in [6.45, 7) is 7.67. The van der Waals surface area contributed by atoms with Crippen LogP contribution in [0.5, 0.6) is 11.5 Å². The lowest BCUT2D eigenvalue weighted by atomic mass is 9.95. The normalized spacial score (nSPS) is 14.8. The number of nitrogens with zero attached hydrogens (tertiary/aromatic N) is 2. The predicted molar refractivity (Wildman–Crippen MR) is 175 cm³/mol. The summed E-state index contributed by atoms with van der Waals surface area (Å²) in [4.78, 5) is 32.6. The molecule has 2 heterocycles. The highest BCUT2D eigenvalue weighted by Gasteiger charge is 2.35. The molecule has 1 aliphatic rings. The molecule has 0 radical (unpaired) electrons. The average Bonchev–Trinajstić information content (AvgIpc) is 3.26. The van der Waals surface area contributed by atoms with Crippen LogP contribution in [0, 0.1) is 0 Å². The molecule has 44 heavy (non-hydrogen) atoms.